The van der Waals surface area contributed by atoms with Crippen molar-refractivity contribution >= 4 is 26.6 Å². The van der Waals surface area contributed by atoms with Gasteiger partial charge in [-0.2, -0.15) is 10.2 Å². The van der Waals surface area contributed by atoms with Crippen LogP contribution < -0.4 is 4.72 Å². The number of fused-ring (bicyclic) bond motifs is 1. The first-order valence-corrected chi connectivity index (χ1v) is 12.4. The molecule has 3 aromatic heterocycles. The van der Waals surface area contributed by atoms with Gasteiger partial charge in [0.25, 0.3) is 10.0 Å². The molecule has 0 saturated carbocycles. The second-order valence-corrected chi connectivity index (χ2v) is 9.51. The number of sulfonamides is 1. The Morgan fingerprint density at radius 1 is 1.16 bits per heavy atom. The average Bonchev–Trinajstić information content (AvgIpc) is 3.40. The molecule has 0 fully saturated rings. The highest BCUT2D eigenvalue weighted by molar-refractivity contribution is 7.93. The Labute approximate surface area is 188 Å². The van der Waals surface area contributed by atoms with Gasteiger partial charge in [0.05, 0.1) is 28.8 Å². The van der Waals surface area contributed by atoms with E-state index in [0.29, 0.717) is 22.8 Å². The number of aryl methyl sites for hydroxylation is 1. The number of H-pyrrole nitrogens is 1. The van der Waals surface area contributed by atoms with Crippen LogP contribution in [0.5, 0.6) is 0 Å². The molecule has 0 aliphatic carbocycles. The zero-order chi connectivity index (χ0) is 22.7. The van der Waals surface area contributed by atoms with E-state index in [4.69, 9.17) is 0 Å². The number of anilines is 1. The molecule has 32 heavy (non-hydrogen) atoms. The molecule has 1 atom stereocenters. The quantitative estimate of drug-likeness (QED) is 0.378. The van der Waals surface area contributed by atoms with Crippen LogP contribution in [0.15, 0.2) is 53.7 Å². The zero-order valence-corrected chi connectivity index (χ0v) is 19.4. The van der Waals surface area contributed by atoms with E-state index in [-0.39, 0.29) is 10.8 Å². The van der Waals surface area contributed by atoms with Crippen molar-refractivity contribution in [2.24, 2.45) is 7.05 Å². The van der Waals surface area contributed by atoms with E-state index in [0.717, 1.165) is 36.6 Å². The molecule has 0 aliphatic heterocycles. The maximum absolute atomic E-state index is 13.8. The lowest BCUT2D eigenvalue weighted by Gasteiger charge is -2.17. The van der Waals surface area contributed by atoms with Crippen molar-refractivity contribution in [1.82, 2.24) is 25.0 Å². The third-order valence-electron chi connectivity index (χ3n) is 5.74. The van der Waals surface area contributed by atoms with Gasteiger partial charge in [-0.05, 0) is 31.0 Å². The number of aromatic nitrogens is 5. The summed E-state index contributed by atoms with van der Waals surface area (Å²) in [4.78, 5) is 4.52. The average molecular weight is 453 g/mol. The van der Waals surface area contributed by atoms with E-state index >= 15 is 0 Å². The summed E-state index contributed by atoms with van der Waals surface area (Å²) in [6.07, 6.45) is 7.10. The van der Waals surface area contributed by atoms with Crippen LogP contribution in [-0.4, -0.2) is 33.4 Å². The van der Waals surface area contributed by atoms with Gasteiger partial charge in [0.1, 0.15) is 10.6 Å². The predicted molar refractivity (Wildman–Crippen MR) is 126 cm³/mol. The van der Waals surface area contributed by atoms with Crippen LogP contribution >= 0.6 is 0 Å². The van der Waals surface area contributed by atoms with Crippen molar-refractivity contribution < 1.29 is 8.42 Å². The van der Waals surface area contributed by atoms with Gasteiger partial charge in [0, 0.05) is 24.5 Å². The number of nitrogens with zero attached hydrogens (tertiary/aromatic N) is 4. The van der Waals surface area contributed by atoms with Gasteiger partial charge in [0.2, 0.25) is 0 Å². The smallest absolute Gasteiger partial charge is 0.266 e. The van der Waals surface area contributed by atoms with Crippen molar-refractivity contribution in [1.29, 1.82) is 0 Å². The summed E-state index contributed by atoms with van der Waals surface area (Å²) >= 11 is 0. The number of pyridine rings is 1. The third-order valence-corrected chi connectivity index (χ3v) is 7.18. The topological polar surface area (TPSA) is 106 Å². The van der Waals surface area contributed by atoms with E-state index in [9.17, 15) is 8.42 Å². The van der Waals surface area contributed by atoms with Gasteiger partial charge in [-0.25, -0.2) is 8.42 Å². The van der Waals surface area contributed by atoms with Gasteiger partial charge >= 0.3 is 0 Å². The molecule has 4 rings (SSSR count). The van der Waals surface area contributed by atoms with Crippen molar-refractivity contribution in [2.75, 3.05) is 4.72 Å². The molecule has 3 heterocycles. The fraction of sp³-hybridized carbons (Fsp3) is 0.348. The van der Waals surface area contributed by atoms with Gasteiger partial charge < -0.3 is 0 Å². The van der Waals surface area contributed by atoms with Crippen molar-refractivity contribution in [3.63, 3.8) is 0 Å². The molecule has 4 aromatic rings. The minimum absolute atomic E-state index is 0.0546. The number of benzene rings is 1. The number of aromatic amines is 1. The molecule has 0 spiro atoms. The Hall–Kier alpha value is -3.20. The SMILES string of the molecule is CCCCC(CC)c1[nH]nc(-c2ccccn2)c1S(=O)(=O)Nc1cccc2cnn(C)c12. The first kappa shape index (κ1) is 22.0. The minimum atomic E-state index is -3.97. The van der Waals surface area contributed by atoms with Crippen LogP contribution in [-0.2, 0) is 17.1 Å². The van der Waals surface area contributed by atoms with Gasteiger partial charge in [0.15, 0.2) is 0 Å². The summed E-state index contributed by atoms with van der Waals surface area (Å²) in [5, 5.41) is 12.6. The number of rotatable bonds is 9. The highest BCUT2D eigenvalue weighted by atomic mass is 32.2. The van der Waals surface area contributed by atoms with Crippen molar-refractivity contribution in [3.8, 4) is 11.4 Å². The van der Waals surface area contributed by atoms with E-state index in [1.807, 2.05) is 18.2 Å². The fourth-order valence-corrected chi connectivity index (χ4v) is 5.55. The summed E-state index contributed by atoms with van der Waals surface area (Å²) in [6.45, 7) is 4.20. The van der Waals surface area contributed by atoms with Gasteiger partial charge in [-0.1, -0.05) is 44.9 Å². The molecule has 0 aliphatic rings. The van der Waals surface area contributed by atoms with E-state index in [1.54, 1.807) is 42.3 Å². The normalized spacial score (nSPS) is 12.8. The lowest BCUT2D eigenvalue weighted by molar-refractivity contribution is 0.545. The molecule has 1 unspecified atom stereocenters. The number of hydrogen-bond donors (Lipinski definition) is 2. The Morgan fingerprint density at radius 2 is 2.00 bits per heavy atom. The highest BCUT2D eigenvalue weighted by Gasteiger charge is 2.31. The summed E-state index contributed by atoms with van der Waals surface area (Å²) in [5.74, 6) is 0.0546. The van der Waals surface area contributed by atoms with Crippen molar-refractivity contribution in [3.05, 3.63) is 54.5 Å². The van der Waals surface area contributed by atoms with Crippen LogP contribution in [0.1, 0.15) is 51.1 Å². The zero-order valence-electron chi connectivity index (χ0n) is 18.5. The number of nitrogens with one attached hydrogen (secondary N) is 2. The Bertz CT molecular complexity index is 1310. The molecule has 0 radical (unpaired) electrons. The number of para-hydroxylation sites is 1. The first-order chi connectivity index (χ1) is 15.5. The number of hydrogen-bond acceptors (Lipinski definition) is 5. The molecule has 8 nitrogen and oxygen atoms in total. The molecular formula is C23H28N6O2S. The van der Waals surface area contributed by atoms with Crippen LogP contribution in [0, 0.1) is 0 Å². The van der Waals surface area contributed by atoms with E-state index < -0.39 is 10.0 Å². The molecule has 1 aromatic carbocycles. The van der Waals surface area contributed by atoms with E-state index in [1.165, 1.54) is 0 Å². The lowest BCUT2D eigenvalue weighted by atomic mass is 9.95. The fourth-order valence-electron chi connectivity index (χ4n) is 4.08. The maximum atomic E-state index is 13.8. The summed E-state index contributed by atoms with van der Waals surface area (Å²) < 4.78 is 32.1. The number of unbranched alkanes of at least 4 members (excludes halogenated alkanes) is 1. The monoisotopic (exact) mass is 452 g/mol. The van der Waals surface area contributed by atoms with Crippen LogP contribution in [0.25, 0.3) is 22.3 Å². The van der Waals surface area contributed by atoms with Crippen molar-refractivity contribution in [2.45, 2.75) is 50.3 Å². The highest BCUT2D eigenvalue weighted by Crippen LogP contribution is 2.36. The lowest BCUT2D eigenvalue weighted by Crippen LogP contribution is -2.17. The molecule has 0 bridgehead atoms. The first-order valence-electron chi connectivity index (χ1n) is 10.9. The molecular weight excluding hydrogens is 424 g/mol. The molecule has 0 saturated heterocycles. The van der Waals surface area contributed by atoms with E-state index in [2.05, 4.69) is 38.8 Å². The minimum Gasteiger partial charge on any atom is -0.280 e. The second kappa shape index (κ2) is 9.12. The predicted octanol–water partition coefficient (Wildman–Crippen LogP) is 4.84. The Morgan fingerprint density at radius 3 is 2.72 bits per heavy atom. The van der Waals surface area contributed by atoms with Gasteiger partial charge in [-0.15, -0.1) is 0 Å². The molecule has 0 amide bonds. The standard InChI is InChI=1S/C23H28N6O2S/c1-4-6-10-16(5-2)20-23(21(27-26-20)18-12-7-8-14-24-18)32(30,31)28-19-13-9-11-17-15-25-29(3)22(17)19/h7-9,11-16,28H,4-6,10H2,1-3H3,(H,26,27). The van der Waals surface area contributed by atoms with Gasteiger partial charge in [-0.3, -0.25) is 19.5 Å². The third kappa shape index (κ3) is 4.12. The van der Waals surface area contributed by atoms with Crippen LogP contribution in [0.4, 0.5) is 5.69 Å². The summed E-state index contributed by atoms with van der Waals surface area (Å²) in [7, 11) is -2.18. The maximum Gasteiger partial charge on any atom is 0.266 e. The second-order valence-electron chi connectivity index (χ2n) is 7.89. The molecule has 168 valence electrons. The molecule has 9 heteroatoms. The molecule has 2 N–H and O–H groups in total. The van der Waals surface area contributed by atoms with Crippen LogP contribution in [0.3, 0.4) is 0 Å². The van der Waals surface area contributed by atoms with Crippen LogP contribution in [0.2, 0.25) is 0 Å². The Balaban J connectivity index is 1.85. The largest absolute Gasteiger partial charge is 0.280 e. The Kier molecular flexibility index (Phi) is 6.27. The summed E-state index contributed by atoms with van der Waals surface area (Å²) in [6, 6.07) is 10.9. The summed E-state index contributed by atoms with van der Waals surface area (Å²) in [5.41, 5.74) is 2.67.